The summed E-state index contributed by atoms with van der Waals surface area (Å²) in [6.07, 6.45) is 1.56. The van der Waals surface area contributed by atoms with Gasteiger partial charge in [-0.15, -0.1) is 0 Å². The Morgan fingerprint density at radius 2 is 2.05 bits per heavy atom. The van der Waals surface area contributed by atoms with E-state index in [9.17, 15) is 19.2 Å². The lowest BCUT2D eigenvalue weighted by Gasteiger charge is -2.21. The minimum atomic E-state index is -0.659. The van der Waals surface area contributed by atoms with E-state index in [-0.39, 0.29) is 37.2 Å². The molecule has 1 heterocycles. The van der Waals surface area contributed by atoms with Crippen LogP contribution in [0.1, 0.15) is 25.5 Å². The van der Waals surface area contributed by atoms with Crippen LogP contribution in [0.15, 0.2) is 15.7 Å². The van der Waals surface area contributed by atoms with Gasteiger partial charge in [-0.25, -0.2) is 4.79 Å². The number of hydrogen-bond acceptors (Lipinski definition) is 5. The normalized spacial score (nSPS) is 13.8. The standard InChI is InChI=1S/C13H17N3O5/c1-2-21-12(19)7-16(9-3-4-9)11(18)6-8-5-10(17)15-13(20)14-8/h5,9H,2-4,6-7H2,1H3,(H2,14,15,17,20). The average molecular weight is 295 g/mol. The Balaban J connectivity index is 2.06. The summed E-state index contributed by atoms with van der Waals surface area (Å²) in [4.78, 5) is 52.0. The molecule has 0 radical (unpaired) electrons. The van der Waals surface area contributed by atoms with Gasteiger partial charge in [-0.3, -0.25) is 19.4 Å². The minimum absolute atomic E-state index is 0.0376. The Morgan fingerprint density at radius 1 is 1.33 bits per heavy atom. The number of aromatic amines is 2. The fraction of sp³-hybridized carbons (Fsp3) is 0.538. The maximum absolute atomic E-state index is 12.2. The summed E-state index contributed by atoms with van der Waals surface area (Å²) >= 11 is 0. The molecule has 0 unspecified atom stereocenters. The highest BCUT2D eigenvalue weighted by Gasteiger charge is 2.34. The van der Waals surface area contributed by atoms with E-state index in [1.54, 1.807) is 6.92 Å². The molecule has 0 atom stereocenters. The number of esters is 1. The molecule has 1 aliphatic rings. The maximum atomic E-state index is 12.2. The number of ether oxygens (including phenoxy) is 1. The van der Waals surface area contributed by atoms with Gasteiger partial charge in [-0.1, -0.05) is 0 Å². The number of nitrogens with zero attached hydrogens (tertiary/aromatic N) is 1. The zero-order valence-corrected chi connectivity index (χ0v) is 11.7. The van der Waals surface area contributed by atoms with Crippen LogP contribution in [-0.4, -0.2) is 45.9 Å². The van der Waals surface area contributed by atoms with Crippen molar-refractivity contribution in [3.8, 4) is 0 Å². The highest BCUT2D eigenvalue weighted by atomic mass is 16.5. The fourth-order valence-electron chi connectivity index (χ4n) is 2.03. The van der Waals surface area contributed by atoms with Crippen LogP contribution in [0.25, 0.3) is 0 Å². The zero-order chi connectivity index (χ0) is 15.4. The SMILES string of the molecule is CCOC(=O)CN(C(=O)Cc1cc(=O)[nH]c(=O)[nH]1)C1CC1. The monoisotopic (exact) mass is 295 g/mol. The third-order valence-electron chi connectivity index (χ3n) is 3.07. The molecule has 0 aliphatic heterocycles. The summed E-state index contributed by atoms with van der Waals surface area (Å²) in [7, 11) is 0. The number of carbonyl (C=O) groups excluding carboxylic acids is 2. The Morgan fingerprint density at radius 3 is 2.62 bits per heavy atom. The van der Waals surface area contributed by atoms with E-state index >= 15 is 0 Å². The third kappa shape index (κ3) is 4.30. The topological polar surface area (TPSA) is 112 Å². The molecule has 2 rings (SSSR count). The number of rotatable bonds is 6. The third-order valence-corrected chi connectivity index (χ3v) is 3.07. The van der Waals surface area contributed by atoms with E-state index in [4.69, 9.17) is 4.74 Å². The molecule has 0 spiro atoms. The molecule has 114 valence electrons. The molecule has 1 amide bonds. The molecular formula is C13H17N3O5. The van der Waals surface area contributed by atoms with Crippen LogP contribution in [0.2, 0.25) is 0 Å². The maximum Gasteiger partial charge on any atom is 0.325 e. The highest BCUT2D eigenvalue weighted by molar-refractivity contribution is 5.83. The zero-order valence-electron chi connectivity index (χ0n) is 11.7. The van der Waals surface area contributed by atoms with Crippen LogP contribution in [0.5, 0.6) is 0 Å². The first-order valence-corrected chi connectivity index (χ1v) is 6.77. The van der Waals surface area contributed by atoms with Crippen molar-refractivity contribution in [3.05, 3.63) is 32.6 Å². The molecule has 21 heavy (non-hydrogen) atoms. The lowest BCUT2D eigenvalue weighted by Crippen LogP contribution is -2.39. The Labute approximate surface area is 120 Å². The van der Waals surface area contributed by atoms with Crippen LogP contribution in [0, 0.1) is 0 Å². The average Bonchev–Trinajstić information content (AvgIpc) is 3.19. The smallest absolute Gasteiger partial charge is 0.325 e. The van der Waals surface area contributed by atoms with E-state index in [0.29, 0.717) is 0 Å². The number of H-pyrrole nitrogens is 2. The van der Waals surface area contributed by atoms with Crippen molar-refractivity contribution in [2.24, 2.45) is 0 Å². The van der Waals surface area contributed by atoms with Gasteiger partial charge in [0.1, 0.15) is 6.54 Å². The van der Waals surface area contributed by atoms with Crippen molar-refractivity contribution < 1.29 is 14.3 Å². The predicted octanol–water partition coefficient (Wildman–Crippen LogP) is -0.840. The molecule has 1 aliphatic carbocycles. The van der Waals surface area contributed by atoms with E-state index < -0.39 is 17.2 Å². The van der Waals surface area contributed by atoms with Crippen molar-refractivity contribution in [3.63, 3.8) is 0 Å². The van der Waals surface area contributed by atoms with E-state index in [1.165, 1.54) is 4.90 Å². The summed E-state index contributed by atoms with van der Waals surface area (Å²) in [6, 6.07) is 1.20. The molecule has 1 aromatic rings. The summed E-state index contributed by atoms with van der Waals surface area (Å²) in [5.74, 6) is -0.774. The molecule has 0 bridgehead atoms. The van der Waals surface area contributed by atoms with Gasteiger partial charge in [0.05, 0.1) is 13.0 Å². The molecule has 8 heteroatoms. The second kappa shape index (κ2) is 6.38. The van der Waals surface area contributed by atoms with E-state index in [2.05, 4.69) is 4.98 Å². The number of amides is 1. The van der Waals surface area contributed by atoms with Gasteiger partial charge < -0.3 is 14.6 Å². The Bertz CT molecular complexity index is 615. The van der Waals surface area contributed by atoms with Crippen LogP contribution in [-0.2, 0) is 20.7 Å². The first-order valence-electron chi connectivity index (χ1n) is 6.77. The van der Waals surface area contributed by atoms with Crippen LogP contribution in [0.3, 0.4) is 0 Å². The molecular weight excluding hydrogens is 278 g/mol. The van der Waals surface area contributed by atoms with Crippen molar-refractivity contribution in [2.75, 3.05) is 13.2 Å². The molecule has 1 saturated carbocycles. The molecule has 8 nitrogen and oxygen atoms in total. The second-order valence-electron chi connectivity index (χ2n) is 4.85. The van der Waals surface area contributed by atoms with Crippen LogP contribution in [0.4, 0.5) is 0 Å². The highest BCUT2D eigenvalue weighted by Crippen LogP contribution is 2.27. The predicted molar refractivity (Wildman–Crippen MR) is 72.8 cm³/mol. The summed E-state index contributed by atoms with van der Waals surface area (Å²) in [5, 5.41) is 0. The summed E-state index contributed by atoms with van der Waals surface area (Å²) < 4.78 is 4.84. The van der Waals surface area contributed by atoms with Crippen LogP contribution < -0.4 is 11.2 Å². The summed E-state index contributed by atoms with van der Waals surface area (Å²) in [5.41, 5.74) is -0.998. The van der Waals surface area contributed by atoms with Gasteiger partial charge in [-0.2, -0.15) is 0 Å². The molecule has 0 aromatic carbocycles. The summed E-state index contributed by atoms with van der Waals surface area (Å²) in [6.45, 7) is 1.85. The lowest BCUT2D eigenvalue weighted by molar-refractivity contribution is -0.149. The first-order chi connectivity index (χ1) is 9.99. The van der Waals surface area contributed by atoms with Gasteiger partial charge in [0.25, 0.3) is 5.56 Å². The number of carbonyl (C=O) groups is 2. The number of nitrogens with one attached hydrogen (secondary N) is 2. The van der Waals surface area contributed by atoms with Crippen molar-refractivity contribution in [1.82, 2.24) is 14.9 Å². The van der Waals surface area contributed by atoms with E-state index in [1.807, 2.05) is 4.98 Å². The van der Waals surface area contributed by atoms with Crippen LogP contribution >= 0.6 is 0 Å². The molecule has 1 fully saturated rings. The van der Waals surface area contributed by atoms with Gasteiger partial charge in [0.15, 0.2) is 0 Å². The van der Waals surface area contributed by atoms with Crippen molar-refractivity contribution in [2.45, 2.75) is 32.2 Å². The second-order valence-corrected chi connectivity index (χ2v) is 4.85. The van der Waals surface area contributed by atoms with E-state index in [0.717, 1.165) is 18.9 Å². The molecule has 2 N–H and O–H groups in total. The Kier molecular flexibility index (Phi) is 4.56. The molecule has 0 saturated heterocycles. The van der Waals surface area contributed by atoms with Gasteiger partial charge in [-0.05, 0) is 19.8 Å². The van der Waals surface area contributed by atoms with Gasteiger partial charge >= 0.3 is 11.7 Å². The van der Waals surface area contributed by atoms with Crippen molar-refractivity contribution in [1.29, 1.82) is 0 Å². The fourth-order valence-corrected chi connectivity index (χ4v) is 2.03. The quantitative estimate of drug-likeness (QED) is 0.664. The first kappa shape index (κ1) is 15.0. The van der Waals surface area contributed by atoms with Crippen molar-refractivity contribution >= 4 is 11.9 Å². The largest absolute Gasteiger partial charge is 0.465 e. The minimum Gasteiger partial charge on any atom is -0.465 e. The Hall–Kier alpha value is -2.38. The lowest BCUT2D eigenvalue weighted by atomic mass is 10.2. The van der Waals surface area contributed by atoms with Gasteiger partial charge in [0.2, 0.25) is 5.91 Å². The van der Waals surface area contributed by atoms with Gasteiger partial charge in [0, 0.05) is 17.8 Å². The number of hydrogen-bond donors (Lipinski definition) is 2. The molecule has 1 aromatic heterocycles. The number of aromatic nitrogens is 2.